The number of carbonyl (C=O) groups excluding carboxylic acids is 1. The molecule has 1 heterocycles. The number of nitrogens with zero attached hydrogens (tertiary/aromatic N) is 1. The zero-order chi connectivity index (χ0) is 11.3. The molecule has 0 bridgehead atoms. The number of rotatable bonds is 5. The minimum atomic E-state index is -0.429. The van der Waals surface area contributed by atoms with E-state index in [9.17, 15) is 4.79 Å². The van der Waals surface area contributed by atoms with Gasteiger partial charge in [-0.25, -0.2) is 9.78 Å². The van der Waals surface area contributed by atoms with Gasteiger partial charge in [-0.2, -0.15) is 0 Å². The quantitative estimate of drug-likeness (QED) is 0.811. The van der Waals surface area contributed by atoms with Gasteiger partial charge in [0.05, 0.1) is 18.7 Å². The molecular weight excluding hydrogens is 236 g/mol. The minimum Gasteiger partial charge on any atom is -0.461 e. The van der Waals surface area contributed by atoms with Gasteiger partial charge in [0.15, 0.2) is 5.69 Å². The SMILES string of the molecule is C=C(Cl)CNc1scnc1C(=O)OCC. The number of carbonyl (C=O) groups is 1. The van der Waals surface area contributed by atoms with Gasteiger partial charge in [0, 0.05) is 5.03 Å². The fourth-order valence-corrected chi connectivity index (χ4v) is 1.63. The van der Waals surface area contributed by atoms with Crippen LogP contribution < -0.4 is 5.32 Å². The molecule has 4 nitrogen and oxygen atoms in total. The van der Waals surface area contributed by atoms with E-state index in [2.05, 4.69) is 16.9 Å². The van der Waals surface area contributed by atoms with E-state index in [0.717, 1.165) is 0 Å². The maximum atomic E-state index is 11.4. The van der Waals surface area contributed by atoms with E-state index in [0.29, 0.717) is 28.9 Å². The summed E-state index contributed by atoms with van der Waals surface area (Å²) < 4.78 is 4.84. The van der Waals surface area contributed by atoms with Crippen molar-refractivity contribution in [3.05, 3.63) is 22.8 Å². The first-order valence-electron chi connectivity index (χ1n) is 4.33. The van der Waals surface area contributed by atoms with Crippen LogP contribution in [0.5, 0.6) is 0 Å². The lowest BCUT2D eigenvalue weighted by Crippen LogP contribution is -2.09. The van der Waals surface area contributed by atoms with Crippen molar-refractivity contribution in [2.45, 2.75) is 6.92 Å². The number of hydrogen-bond donors (Lipinski definition) is 1. The van der Waals surface area contributed by atoms with Crippen LogP contribution in [0.2, 0.25) is 0 Å². The Kier molecular flexibility index (Phi) is 4.58. The Morgan fingerprint density at radius 3 is 3.13 bits per heavy atom. The van der Waals surface area contributed by atoms with Crippen LogP contribution in [-0.2, 0) is 4.74 Å². The summed E-state index contributed by atoms with van der Waals surface area (Å²) in [6, 6.07) is 0. The van der Waals surface area contributed by atoms with Crippen LogP contribution in [0, 0.1) is 0 Å². The molecule has 0 unspecified atom stereocenters. The third kappa shape index (κ3) is 3.53. The van der Waals surface area contributed by atoms with Gasteiger partial charge in [0.1, 0.15) is 5.00 Å². The van der Waals surface area contributed by atoms with Crippen LogP contribution in [0.1, 0.15) is 17.4 Å². The van der Waals surface area contributed by atoms with Gasteiger partial charge >= 0.3 is 5.97 Å². The average Bonchev–Trinajstić information content (AvgIpc) is 2.62. The van der Waals surface area contributed by atoms with Crippen LogP contribution in [0.25, 0.3) is 0 Å². The molecule has 1 rings (SSSR count). The second-order valence-electron chi connectivity index (χ2n) is 2.62. The Bertz CT molecular complexity index is 365. The van der Waals surface area contributed by atoms with Gasteiger partial charge in [-0.1, -0.05) is 18.2 Å². The number of hydrogen-bond acceptors (Lipinski definition) is 5. The first kappa shape index (κ1) is 12.0. The number of nitrogens with one attached hydrogen (secondary N) is 1. The molecule has 0 radical (unpaired) electrons. The Labute approximate surface area is 96.9 Å². The highest BCUT2D eigenvalue weighted by Crippen LogP contribution is 2.21. The van der Waals surface area contributed by atoms with E-state index in [1.165, 1.54) is 11.3 Å². The summed E-state index contributed by atoms with van der Waals surface area (Å²) in [5, 5.41) is 4.07. The molecule has 0 aliphatic rings. The largest absolute Gasteiger partial charge is 0.461 e. The monoisotopic (exact) mass is 246 g/mol. The van der Waals surface area contributed by atoms with Gasteiger partial charge < -0.3 is 10.1 Å². The smallest absolute Gasteiger partial charge is 0.360 e. The number of anilines is 1. The third-order valence-corrected chi connectivity index (χ3v) is 2.39. The highest BCUT2D eigenvalue weighted by molar-refractivity contribution is 7.14. The van der Waals surface area contributed by atoms with Crippen molar-refractivity contribution in [2.24, 2.45) is 0 Å². The standard InChI is InChI=1S/C9H11ClN2O2S/c1-3-14-9(13)7-8(15-5-12-7)11-4-6(2)10/h5,11H,2-4H2,1H3. The molecule has 0 saturated heterocycles. The molecule has 0 aliphatic heterocycles. The van der Waals surface area contributed by atoms with Gasteiger partial charge in [-0.3, -0.25) is 0 Å². The Balaban J connectivity index is 2.68. The van der Waals surface area contributed by atoms with Crippen molar-refractivity contribution in [1.29, 1.82) is 0 Å². The fourth-order valence-electron chi connectivity index (χ4n) is 0.893. The summed E-state index contributed by atoms with van der Waals surface area (Å²) in [5.74, 6) is -0.429. The second kappa shape index (κ2) is 5.72. The summed E-state index contributed by atoms with van der Waals surface area (Å²) in [6.45, 7) is 6.01. The molecule has 0 aromatic carbocycles. The van der Waals surface area contributed by atoms with E-state index in [1.807, 2.05) is 0 Å². The molecule has 0 spiro atoms. The van der Waals surface area contributed by atoms with Gasteiger partial charge in [0.25, 0.3) is 0 Å². The number of ether oxygens (including phenoxy) is 1. The topological polar surface area (TPSA) is 51.2 Å². The van der Waals surface area contributed by atoms with E-state index in [-0.39, 0.29) is 0 Å². The first-order chi connectivity index (χ1) is 7.15. The summed E-state index contributed by atoms with van der Waals surface area (Å²) in [4.78, 5) is 15.3. The van der Waals surface area contributed by atoms with E-state index >= 15 is 0 Å². The Hall–Kier alpha value is -1.07. The molecule has 1 N–H and O–H groups in total. The lowest BCUT2D eigenvalue weighted by atomic mass is 10.4. The molecule has 0 aliphatic carbocycles. The summed E-state index contributed by atoms with van der Waals surface area (Å²) in [5.41, 5.74) is 1.87. The fraction of sp³-hybridized carbons (Fsp3) is 0.333. The van der Waals surface area contributed by atoms with Crippen molar-refractivity contribution in [2.75, 3.05) is 18.5 Å². The van der Waals surface area contributed by atoms with E-state index < -0.39 is 5.97 Å². The maximum Gasteiger partial charge on any atom is 0.360 e. The van der Waals surface area contributed by atoms with Gasteiger partial charge in [-0.15, -0.1) is 11.3 Å². The number of aromatic nitrogens is 1. The van der Waals surface area contributed by atoms with Gasteiger partial charge in [-0.05, 0) is 6.92 Å². The molecule has 0 amide bonds. The first-order valence-corrected chi connectivity index (χ1v) is 5.58. The van der Waals surface area contributed by atoms with Crippen molar-refractivity contribution in [1.82, 2.24) is 4.98 Å². The number of esters is 1. The van der Waals surface area contributed by atoms with Crippen molar-refractivity contribution < 1.29 is 9.53 Å². The average molecular weight is 247 g/mol. The molecule has 82 valence electrons. The molecule has 1 aromatic heterocycles. The zero-order valence-electron chi connectivity index (χ0n) is 8.25. The third-order valence-electron chi connectivity index (χ3n) is 1.48. The lowest BCUT2D eigenvalue weighted by Gasteiger charge is -2.04. The van der Waals surface area contributed by atoms with Crippen molar-refractivity contribution in [3.63, 3.8) is 0 Å². The minimum absolute atomic E-state index is 0.291. The number of thiazole rings is 1. The molecule has 0 saturated carbocycles. The Morgan fingerprint density at radius 2 is 2.53 bits per heavy atom. The van der Waals surface area contributed by atoms with E-state index in [4.69, 9.17) is 16.3 Å². The van der Waals surface area contributed by atoms with E-state index in [1.54, 1.807) is 12.4 Å². The molecule has 1 aromatic rings. The summed E-state index contributed by atoms with van der Waals surface area (Å²) in [6.07, 6.45) is 0. The zero-order valence-corrected chi connectivity index (χ0v) is 9.82. The number of halogens is 1. The normalized spacial score (nSPS) is 9.73. The molecule has 0 atom stereocenters. The van der Waals surface area contributed by atoms with Crippen LogP contribution in [0.3, 0.4) is 0 Å². The van der Waals surface area contributed by atoms with Crippen LogP contribution in [-0.4, -0.2) is 24.1 Å². The van der Waals surface area contributed by atoms with Crippen molar-refractivity contribution >= 4 is 33.9 Å². The van der Waals surface area contributed by atoms with Crippen LogP contribution in [0.15, 0.2) is 17.1 Å². The lowest BCUT2D eigenvalue weighted by molar-refractivity contribution is 0.0521. The summed E-state index contributed by atoms with van der Waals surface area (Å²) in [7, 11) is 0. The Morgan fingerprint density at radius 1 is 1.80 bits per heavy atom. The molecule has 6 heteroatoms. The van der Waals surface area contributed by atoms with Crippen molar-refractivity contribution in [3.8, 4) is 0 Å². The summed E-state index contributed by atoms with van der Waals surface area (Å²) >= 11 is 6.92. The highest BCUT2D eigenvalue weighted by Gasteiger charge is 2.15. The highest BCUT2D eigenvalue weighted by atomic mass is 35.5. The van der Waals surface area contributed by atoms with Crippen LogP contribution >= 0.6 is 22.9 Å². The van der Waals surface area contributed by atoms with Gasteiger partial charge in [0.2, 0.25) is 0 Å². The molecule has 0 fully saturated rings. The predicted octanol–water partition coefficient (Wildman–Crippen LogP) is 2.48. The molecular formula is C9H11ClN2O2S. The van der Waals surface area contributed by atoms with Crippen LogP contribution in [0.4, 0.5) is 5.00 Å². The maximum absolute atomic E-state index is 11.4. The second-order valence-corrected chi connectivity index (χ2v) is 4.01. The molecule has 15 heavy (non-hydrogen) atoms. The predicted molar refractivity (Wildman–Crippen MR) is 61.6 cm³/mol.